The molecule has 2 N–H and O–H groups in total. The maximum atomic E-state index is 12.7. The molecule has 1 amide bonds. The molecule has 0 bridgehead atoms. The minimum atomic E-state index is -0.0790. The molecule has 0 unspecified atom stereocenters. The van der Waals surface area contributed by atoms with Gasteiger partial charge in [0.05, 0.1) is 11.3 Å². The number of amides is 1. The third kappa shape index (κ3) is 6.88. The average Bonchev–Trinajstić information content (AvgIpc) is 3.29. The Hall–Kier alpha value is -1.74. The zero-order chi connectivity index (χ0) is 24.0. The molecule has 1 aliphatic heterocycles. The standard InChI is InChI=1S/C24H34ClN5OS2/c1-16-13-21(25)28-18(3)22(16)23(31)27-9-5-17(2)29-10-6-20(7-11-29)30(24(32)26-4)14-19-8-12-33-15-19/h8,12-13,15,17,20H,5-7,9-11,14H2,1-4H3,(H,26,32)(H,27,31)/t17-/m1/s1. The summed E-state index contributed by atoms with van der Waals surface area (Å²) in [6.07, 6.45) is 3.07. The van der Waals surface area contributed by atoms with Crippen LogP contribution in [0.25, 0.3) is 0 Å². The van der Waals surface area contributed by atoms with Crippen LogP contribution in [-0.2, 0) is 6.54 Å². The number of hydrogen-bond acceptors (Lipinski definition) is 5. The van der Waals surface area contributed by atoms with E-state index >= 15 is 0 Å². The van der Waals surface area contributed by atoms with E-state index in [1.165, 1.54) is 5.56 Å². The topological polar surface area (TPSA) is 60.5 Å². The van der Waals surface area contributed by atoms with Gasteiger partial charge >= 0.3 is 0 Å². The van der Waals surface area contributed by atoms with Crippen LogP contribution in [-0.4, -0.2) is 64.6 Å². The number of aromatic nitrogens is 1. The first-order chi connectivity index (χ1) is 15.8. The fourth-order valence-electron chi connectivity index (χ4n) is 4.52. The quantitative estimate of drug-likeness (QED) is 0.408. The van der Waals surface area contributed by atoms with Gasteiger partial charge in [-0.15, -0.1) is 0 Å². The summed E-state index contributed by atoms with van der Waals surface area (Å²) in [6, 6.07) is 4.75. The number of carbonyl (C=O) groups excluding carboxylic acids is 1. The molecular formula is C24H34ClN5OS2. The Balaban J connectivity index is 1.47. The van der Waals surface area contributed by atoms with E-state index in [0.29, 0.717) is 35.0 Å². The smallest absolute Gasteiger partial charge is 0.253 e. The summed E-state index contributed by atoms with van der Waals surface area (Å²) >= 11 is 13.3. The number of aryl methyl sites for hydroxylation is 2. The first-order valence-corrected chi connectivity index (χ1v) is 13.2. The summed E-state index contributed by atoms with van der Waals surface area (Å²) < 4.78 is 0. The highest BCUT2D eigenvalue weighted by Crippen LogP contribution is 2.22. The lowest BCUT2D eigenvalue weighted by atomic mass is 10.0. The summed E-state index contributed by atoms with van der Waals surface area (Å²) in [4.78, 5) is 21.7. The van der Waals surface area contributed by atoms with Gasteiger partial charge in [-0.2, -0.15) is 11.3 Å². The van der Waals surface area contributed by atoms with E-state index in [-0.39, 0.29) is 5.91 Å². The van der Waals surface area contributed by atoms with Crippen molar-refractivity contribution < 1.29 is 4.79 Å². The van der Waals surface area contributed by atoms with Crippen LogP contribution in [0.1, 0.15) is 53.4 Å². The minimum absolute atomic E-state index is 0.0790. The van der Waals surface area contributed by atoms with Crippen LogP contribution in [0.5, 0.6) is 0 Å². The lowest BCUT2D eigenvalue weighted by Crippen LogP contribution is -2.51. The van der Waals surface area contributed by atoms with Crippen molar-refractivity contribution in [2.45, 2.75) is 58.7 Å². The van der Waals surface area contributed by atoms with Crippen LogP contribution in [0.2, 0.25) is 5.15 Å². The number of thiophene rings is 1. The number of nitrogens with zero attached hydrogens (tertiary/aromatic N) is 3. The predicted octanol–water partition coefficient (Wildman–Crippen LogP) is 4.39. The number of nitrogens with one attached hydrogen (secondary N) is 2. The van der Waals surface area contributed by atoms with Crippen LogP contribution >= 0.6 is 35.2 Å². The Kier molecular flexibility index (Phi) is 9.49. The lowest BCUT2D eigenvalue weighted by Gasteiger charge is -2.41. The Morgan fingerprint density at radius 2 is 2.12 bits per heavy atom. The average molecular weight is 508 g/mol. The molecule has 0 spiro atoms. The summed E-state index contributed by atoms with van der Waals surface area (Å²) in [5.41, 5.74) is 3.45. The summed E-state index contributed by atoms with van der Waals surface area (Å²) in [5.74, 6) is -0.0790. The molecule has 0 aliphatic carbocycles. The second-order valence-corrected chi connectivity index (χ2v) is 10.3. The molecule has 1 atom stereocenters. The molecule has 33 heavy (non-hydrogen) atoms. The third-order valence-electron chi connectivity index (χ3n) is 6.41. The number of hydrogen-bond donors (Lipinski definition) is 2. The van der Waals surface area contributed by atoms with E-state index in [2.05, 4.69) is 49.2 Å². The molecule has 0 saturated carbocycles. The number of halogens is 1. The second kappa shape index (κ2) is 12.1. The van der Waals surface area contributed by atoms with Gasteiger partial charge in [-0.25, -0.2) is 4.98 Å². The maximum Gasteiger partial charge on any atom is 0.253 e. The molecule has 1 aliphatic rings. The molecule has 2 aromatic heterocycles. The predicted molar refractivity (Wildman–Crippen MR) is 141 cm³/mol. The van der Waals surface area contributed by atoms with E-state index in [0.717, 1.165) is 49.6 Å². The van der Waals surface area contributed by atoms with E-state index < -0.39 is 0 Å². The summed E-state index contributed by atoms with van der Waals surface area (Å²) in [7, 11) is 1.90. The molecule has 3 rings (SSSR count). The third-order valence-corrected chi connectivity index (χ3v) is 7.78. The second-order valence-electron chi connectivity index (χ2n) is 8.70. The fraction of sp³-hybridized carbons (Fsp3) is 0.542. The lowest BCUT2D eigenvalue weighted by molar-refractivity contribution is 0.0934. The van der Waals surface area contributed by atoms with Crippen LogP contribution in [0.3, 0.4) is 0 Å². The van der Waals surface area contributed by atoms with Gasteiger partial charge in [-0.05, 0) is 86.3 Å². The van der Waals surface area contributed by atoms with Gasteiger partial charge in [0, 0.05) is 45.3 Å². The molecule has 6 nitrogen and oxygen atoms in total. The van der Waals surface area contributed by atoms with Crippen molar-refractivity contribution in [2.24, 2.45) is 0 Å². The van der Waals surface area contributed by atoms with Gasteiger partial charge in [-0.3, -0.25) is 4.79 Å². The van der Waals surface area contributed by atoms with Gasteiger partial charge in [0.2, 0.25) is 0 Å². The largest absolute Gasteiger partial charge is 0.366 e. The Labute approximate surface area is 211 Å². The summed E-state index contributed by atoms with van der Waals surface area (Å²) in [6.45, 7) is 9.51. The molecular weight excluding hydrogens is 474 g/mol. The van der Waals surface area contributed by atoms with Crippen molar-refractivity contribution >= 4 is 46.2 Å². The SMILES string of the molecule is CNC(=S)N(Cc1ccsc1)C1CCN([C@H](C)CCNC(=O)c2c(C)cc(Cl)nc2C)CC1. The highest BCUT2D eigenvalue weighted by Gasteiger charge is 2.28. The number of thiocarbonyl (C=S) groups is 1. The van der Waals surface area contributed by atoms with Crippen molar-refractivity contribution in [3.8, 4) is 0 Å². The first kappa shape index (κ1) is 25.9. The van der Waals surface area contributed by atoms with E-state index in [4.69, 9.17) is 23.8 Å². The van der Waals surface area contributed by atoms with Gasteiger partial charge in [0.1, 0.15) is 5.15 Å². The van der Waals surface area contributed by atoms with E-state index in [1.807, 2.05) is 20.9 Å². The number of carbonyl (C=O) groups is 1. The van der Waals surface area contributed by atoms with Crippen LogP contribution < -0.4 is 10.6 Å². The molecule has 3 heterocycles. The minimum Gasteiger partial charge on any atom is -0.366 e. The van der Waals surface area contributed by atoms with Crippen molar-refractivity contribution in [1.82, 2.24) is 25.4 Å². The number of likely N-dealkylation sites (tertiary alicyclic amines) is 1. The molecule has 0 aromatic carbocycles. The Morgan fingerprint density at radius 3 is 2.73 bits per heavy atom. The highest BCUT2D eigenvalue weighted by molar-refractivity contribution is 7.80. The van der Waals surface area contributed by atoms with Crippen molar-refractivity contribution in [2.75, 3.05) is 26.7 Å². The zero-order valence-electron chi connectivity index (χ0n) is 19.9. The first-order valence-electron chi connectivity index (χ1n) is 11.5. The maximum absolute atomic E-state index is 12.7. The van der Waals surface area contributed by atoms with Crippen molar-refractivity contribution in [3.05, 3.63) is 50.4 Å². The van der Waals surface area contributed by atoms with Gasteiger partial charge in [0.25, 0.3) is 5.91 Å². The monoisotopic (exact) mass is 507 g/mol. The van der Waals surface area contributed by atoms with Gasteiger partial charge in [0.15, 0.2) is 5.11 Å². The summed E-state index contributed by atoms with van der Waals surface area (Å²) in [5, 5.41) is 11.8. The van der Waals surface area contributed by atoms with Crippen LogP contribution in [0.4, 0.5) is 0 Å². The van der Waals surface area contributed by atoms with Crippen molar-refractivity contribution in [3.63, 3.8) is 0 Å². The number of rotatable bonds is 8. The van der Waals surface area contributed by atoms with E-state index in [1.54, 1.807) is 17.4 Å². The molecule has 2 aromatic rings. The Bertz CT molecular complexity index is 921. The fourth-order valence-corrected chi connectivity index (χ4v) is 5.69. The number of piperidine rings is 1. The van der Waals surface area contributed by atoms with Crippen LogP contribution in [0.15, 0.2) is 22.9 Å². The van der Waals surface area contributed by atoms with Crippen LogP contribution in [0, 0.1) is 13.8 Å². The molecule has 9 heteroatoms. The number of pyridine rings is 1. The normalized spacial score (nSPS) is 15.8. The molecule has 0 radical (unpaired) electrons. The zero-order valence-corrected chi connectivity index (χ0v) is 22.2. The highest BCUT2D eigenvalue weighted by atomic mass is 35.5. The molecule has 1 saturated heterocycles. The molecule has 180 valence electrons. The van der Waals surface area contributed by atoms with Gasteiger partial charge < -0.3 is 20.4 Å². The molecule has 1 fully saturated rings. The van der Waals surface area contributed by atoms with Crippen molar-refractivity contribution in [1.29, 1.82) is 0 Å². The van der Waals surface area contributed by atoms with Gasteiger partial charge in [-0.1, -0.05) is 11.6 Å². The van der Waals surface area contributed by atoms with E-state index in [9.17, 15) is 4.79 Å². The Morgan fingerprint density at radius 1 is 1.39 bits per heavy atom.